The molecule has 1 N–H and O–H groups in total. The van der Waals surface area contributed by atoms with E-state index in [0.717, 1.165) is 19.6 Å². The van der Waals surface area contributed by atoms with Gasteiger partial charge in [-0.05, 0) is 55.0 Å². The van der Waals surface area contributed by atoms with Gasteiger partial charge in [0.2, 0.25) is 0 Å². The summed E-state index contributed by atoms with van der Waals surface area (Å²) in [6, 6.07) is 3.56. The Balaban J connectivity index is 2.80. The van der Waals surface area contributed by atoms with Gasteiger partial charge in [0.25, 0.3) is 0 Å². The fourth-order valence-corrected chi connectivity index (χ4v) is 2.43. The smallest absolute Gasteiger partial charge is 0.333 e. The molecule has 5 nitrogen and oxygen atoms in total. The zero-order valence-corrected chi connectivity index (χ0v) is 14.8. The fourth-order valence-electron chi connectivity index (χ4n) is 2.12. The molecule has 120 valence electrons. The van der Waals surface area contributed by atoms with Crippen molar-refractivity contribution in [2.75, 3.05) is 32.8 Å². The van der Waals surface area contributed by atoms with Crippen LogP contribution >= 0.6 is 15.9 Å². The average molecular weight is 361 g/mol. The van der Waals surface area contributed by atoms with Crippen LogP contribution < -0.4 is 5.32 Å². The molecule has 0 aromatic carbocycles. The molecule has 0 aliphatic carbocycles. The third-order valence-corrected chi connectivity index (χ3v) is 3.98. The molecular weight excluding hydrogens is 336 g/mol. The third kappa shape index (κ3) is 4.83. The van der Waals surface area contributed by atoms with E-state index in [2.05, 4.69) is 40.0 Å². The molecule has 0 amide bonds. The minimum atomic E-state index is -0.977. The van der Waals surface area contributed by atoms with Gasteiger partial charge in [0.05, 0.1) is 6.61 Å². The topological polar surface area (TPSA) is 54.7 Å². The third-order valence-electron chi connectivity index (χ3n) is 3.55. The lowest BCUT2D eigenvalue weighted by molar-refractivity contribution is -0.151. The van der Waals surface area contributed by atoms with E-state index in [1.165, 1.54) is 0 Å². The van der Waals surface area contributed by atoms with Gasteiger partial charge in [-0.2, -0.15) is 0 Å². The lowest BCUT2D eigenvalue weighted by Crippen LogP contribution is -2.49. The lowest BCUT2D eigenvalue weighted by Gasteiger charge is -2.28. The summed E-state index contributed by atoms with van der Waals surface area (Å²) >= 11 is 3.27. The van der Waals surface area contributed by atoms with Crippen LogP contribution in [0.1, 0.15) is 33.5 Å². The van der Waals surface area contributed by atoms with Crippen molar-refractivity contribution in [2.45, 2.75) is 33.2 Å². The van der Waals surface area contributed by atoms with E-state index in [1.807, 2.05) is 0 Å². The Kier molecular flexibility index (Phi) is 7.42. The van der Waals surface area contributed by atoms with Crippen molar-refractivity contribution in [3.8, 4) is 0 Å². The standard InChI is InChI=1S/C15H25BrN2O3/c1-5-18(6-2)11-10-17-15(4,14(19)20-7-3)12-8-9-13(16)21-12/h8-9,17H,5-7,10-11H2,1-4H3. The van der Waals surface area contributed by atoms with Crippen LogP contribution in [0.3, 0.4) is 0 Å². The number of rotatable bonds is 9. The van der Waals surface area contributed by atoms with Crippen LogP contribution in [0.2, 0.25) is 0 Å². The van der Waals surface area contributed by atoms with E-state index in [1.54, 1.807) is 26.0 Å². The monoisotopic (exact) mass is 360 g/mol. The second-order valence-electron chi connectivity index (χ2n) is 4.90. The lowest BCUT2D eigenvalue weighted by atomic mass is 9.99. The minimum absolute atomic E-state index is 0.327. The van der Waals surface area contributed by atoms with Gasteiger partial charge in [-0.15, -0.1) is 0 Å². The maximum Gasteiger partial charge on any atom is 0.333 e. The molecule has 0 bridgehead atoms. The van der Waals surface area contributed by atoms with Crippen molar-refractivity contribution in [3.63, 3.8) is 0 Å². The summed E-state index contributed by atoms with van der Waals surface area (Å²) < 4.78 is 11.4. The number of hydrogen-bond donors (Lipinski definition) is 1. The summed E-state index contributed by atoms with van der Waals surface area (Å²) in [4.78, 5) is 14.6. The second-order valence-corrected chi connectivity index (χ2v) is 5.68. The van der Waals surface area contributed by atoms with Gasteiger partial charge in [0.1, 0.15) is 5.76 Å². The maximum atomic E-state index is 12.3. The van der Waals surface area contributed by atoms with Gasteiger partial charge in [-0.1, -0.05) is 13.8 Å². The van der Waals surface area contributed by atoms with Crippen molar-refractivity contribution in [3.05, 3.63) is 22.6 Å². The molecule has 1 aromatic heterocycles. The first-order valence-corrected chi connectivity index (χ1v) is 8.17. The number of nitrogens with one attached hydrogen (secondary N) is 1. The van der Waals surface area contributed by atoms with Gasteiger partial charge < -0.3 is 14.1 Å². The highest BCUT2D eigenvalue weighted by molar-refractivity contribution is 9.10. The predicted octanol–water partition coefficient (Wildman–Crippen LogP) is 2.75. The summed E-state index contributed by atoms with van der Waals surface area (Å²) in [7, 11) is 0. The van der Waals surface area contributed by atoms with E-state index in [9.17, 15) is 4.79 Å². The number of hydrogen-bond acceptors (Lipinski definition) is 5. The van der Waals surface area contributed by atoms with Crippen LogP contribution in [0.25, 0.3) is 0 Å². The SMILES string of the molecule is CCOC(=O)C(C)(NCCN(CC)CC)c1ccc(Br)o1. The van der Waals surface area contributed by atoms with E-state index in [4.69, 9.17) is 9.15 Å². The number of halogens is 1. The molecule has 1 aromatic rings. The number of carbonyl (C=O) groups excluding carboxylic acids is 1. The maximum absolute atomic E-state index is 12.3. The predicted molar refractivity (Wildman–Crippen MR) is 86.2 cm³/mol. The number of carbonyl (C=O) groups is 1. The number of esters is 1. The highest BCUT2D eigenvalue weighted by Crippen LogP contribution is 2.27. The zero-order valence-electron chi connectivity index (χ0n) is 13.2. The van der Waals surface area contributed by atoms with Crippen molar-refractivity contribution in [1.29, 1.82) is 0 Å². The summed E-state index contributed by atoms with van der Waals surface area (Å²) in [5.41, 5.74) is -0.977. The van der Waals surface area contributed by atoms with Crippen molar-refractivity contribution in [1.82, 2.24) is 10.2 Å². The largest absolute Gasteiger partial charge is 0.464 e. The summed E-state index contributed by atoms with van der Waals surface area (Å²) in [6.07, 6.45) is 0. The van der Waals surface area contributed by atoms with Crippen molar-refractivity contribution >= 4 is 21.9 Å². The van der Waals surface area contributed by atoms with Gasteiger partial charge in [-0.3, -0.25) is 5.32 Å². The van der Waals surface area contributed by atoms with Crippen molar-refractivity contribution in [2.24, 2.45) is 0 Å². The fraction of sp³-hybridized carbons (Fsp3) is 0.667. The Bertz CT molecular complexity index is 446. The number of ether oxygens (including phenoxy) is 1. The van der Waals surface area contributed by atoms with Gasteiger partial charge >= 0.3 is 5.97 Å². The Morgan fingerprint density at radius 1 is 1.38 bits per heavy atom. The van der Waals surface area contributed by atoms with Crippen LogP contribution in [0.15, 0.2) is 21.2 Å². The number of likely N-dealkylation sites (N-methyl/N-ethyl adjacent to an activating group) is 1. The highest BCUT2D eigenvalue weighted by atomic mass is 79.9. The van der Waals surface area contributed by atoms with E-state index < -0.39 is 5.54 Å². The highest BCUT2D eigenvalue weighted by Gasteiger charge is 2.39. The second kappa shape index (κ2) is 8.56. The van der Waals surface area contributed by atoms with Gasteiger partial charge in [0.15, 0.2) is 10.2 Å². The molecule has 1 heterocycles. The van der Waals surface area contributed by atoms with Crippen LogP contribution in [0.4, 0.5) is 0 Å². The molecule has 1 atom stereocenters. The summed E-state index contributed by atoms with van der Waals surface area (Å²) in [5, 5.41) is 3.28. The first-order chi connectivity index (χ1) is 9.97. The van der Waals surface area contributed by atoms with Gasteiger partial charge in [-0.25, -0.2) is 4.79 Å². The molecule has 0 fully saturated rings. The van der Waals surface area contributed by atoms with Crippen LogP contribution in [0.5, 0.6) is 0 Å². The van der Waals surface area contributed by atoms with Crippen LogP contribution in [-0.2, 0) is 15.1 Å². The minimum Gasteiger partial charge on any atom is -0.464 e. The van der Waals surface area contributed by atoms with Crippen molar-refractivity contribution < 1.29 is 13.9 Å². The van der Waals surface area contributed by atoms with Gasteiger partial charge in [0, 0.05) is 13.1 Å². The normalized spacial score (nSPS) is 14.2. The molecule has 0 radical (unpaired) electrons. The Morgan fingerprint density at radius 2 is 2.05 bits per heavy atom. The molecule has 1 unspecified atom stereocenters. The summed E-state index contributed by atoms with van der Waals surface area (Å²) in [6.45, 7) is 11.7. The Hall–Kier alpha value is -0.850. The quantitative estimate of drug-likeness (QED) is 0.686. The first kappa shape index (κ1) is 18.2. The first-order valence-electron chi connectivity index (χ1n) is 7.38. The van der Waals surface area contributed by atoms with E-state index in [0.29, 0.717) is 23.6 Å². The molecule has 0 spiro atoms. The summed E-state index contributed by atoms with van der Waals surface area (Å²) in [5.74, 6) is 0.221. The number of furan rings is 1. The number of nitrogens with zero attached hydrogens (tertiary/aromatic N) is 1. The molecular formula is C15H25BrN2O3. The molecule has 0 aliphatic rings. The van der Waals surface area contributed by atoms with E-state index in [-0.39, 0.29) is 5.97 Å². The average Bonchev–Trinajstić information content (AvgIpc) is 2.90. The van der Waals surface area contributed by atoms with Crippen LogP contribution in [-0.4, -0.2) is 43.7 Å². The van der Waals surface area contributed by atoms with E-state index >= 15 is 0 Å². The Morgan fingerprint density at radius 3 is 2.52 bits per heavy atom. The van der Waals surface area contributed by atoms with Crippen LogP contribution in [0, 0.1) is 0 Å². The molecule has 1 rings (SSSR count). The Labute approximate surface area is 135 Å². The molecule has 0 saturated carbocycles. The molecule has 21 heavy (non-hydrogen) atoms. The zero-order chi connectivity index (χ0) is 15.9. The molecule has 6 heteroatoms. The molecule has 0 aliphatic heterocycles. The molecule has 0 saturated heterocycles.